The first-order chi connectivity index (χ1) is 11.9. The molecule has 1 amide bonds. The second-order valence-electron chi connectivity index (χ2n) is 6.21. The SMILES string of the molecule is CS(=O)(=O)CCN1CCN(C(=O)c2cc(-c3ccccc3)on2)CC1. The van der Waals surface area contributed by atoms with E-state index < -0.39 is 9.84 Å². The zero-order valence-electron chi connectivity index (χ0n) is 14.1. The van der Waals surface area contributed by atoms with Crippen molar-refractivity contribution in [2.75, 3.05) is 44.7 Å². The quantitative estimate of drug-likeness (QED) is 0.792. The summed E-state index contributed by atoms with van der Waals surface area (Å²) in [5, 5.41) is 3.90. The third-order valence-corrected chi connectivity index (χ3v) is 5.15. The van der Waals surface area contributed by atoms with Gasteiger partial charge in [0.2, 0.25) is 0 Å². The number of piperazine rings is 1. The van der Waals surface area contributed by atoms with Gasteiger partial charge in [0, 0.05) is 50.6 Å². The summed E-state index contributed by atoms with van der Waals surface area (Å²) in [6, 6.07) is 11.2. The molecule has 1 aromatic heterocycles. The molecule has 134 valence electrons. The van der Waals surface area contributed by atoms with Gasteiger partial charge in [-0.15, -0.1) is 0 Å². The van der Waals surface area contributed by atoms with Gasteiger partial charge in [-0.1, -0.05) is 35.5 Å². The first-order valence-corrected chi connectivity index (χ1v) is 10.2. The fourth-order valence-electron chi connectivity index (χ4n) is 2.75. The Morgan fingerprint density at radius 3 is 2.48 bits per heavy atom. The summed E-state index contributed by atoms with van der Waals surface area (Å²) in [4.78, 5) is 16.3. The zero-order valence-corrected chi connectivity index (χ0v) is 14.9. The van der Waals surface area contributed by atoms with Crippen LogP contribution < -0.4 is 0 Å². The van der Waals surface area contributed by atoms with Gasteiger partial charge in [0.15, 0.2) is 11.5 Å². The van der Waals surface area contributed by atoms with E-state index in [1.54, 1.807) is 11.0 Å². The molecule has 0 unspecified atom stereocenters. The van der Waals surface area contributed by atoms with Crippen LogP contribution in [0.3, 0.4) is 0 Å². The van der Waals surface area contributed by atoms with Crippen LogP contribution in [0, 0.1) is 0 Å². The fraction of sp³-hybridized carbons (Fsp3) is 0.412. The number of nitrogens with zero attached hydrogens (tertiary/aromatic N) is 3. The second-order valence-corrected chi connectivity index (χ2v) is 8.47. The van der Waals surface area contributed by atoms with Gasteiger partial charge in [0.25, 0.3) is 5.91 Å². The van der Waals surface area contributed by atoms with Crippen molar-refractivity contribution in [3.63, 3.8) is 0 Å². The molecule has 1 fully saturated rings. The van der Waals surface area contributed by atoms with Gasteiger partial charge in [0.05, 0.1) is 5.75 Å². The van der Waals surface area contributed by atoms with Crippen LogP contribution in [0.5, 0.6) is 0 Å². The molecule has 1 saturated heterocycles. The monoisotopic (exact) mass is 363 g/mol. The molecule has 1 aliphatic heterocycles. The van der Waals surface area contributed by atoms with E-state index in [0.29, 0.717) is 44.2 Å². The Morgan fingerprint density at radius 1 is 1.16 bits per heavy atom. The van der Waals surface area contributed by atoms with Crippen LogP contribution in [0.25, 0.3) is 11.3 Å². The highest BCUT2D eigenvalue weighted by Gasteiger charge is 2.25. The maximum Gasteiger partial charge on any atom is 0.276 e. The van der Waals surface area contributed by atoms with Gasteiger partial charge in [-0.3, -0.25) is 9.69 Å². The van der Waals surface area contributed by atoms with Gasteiger partial charge in [0.1, 0.15) is 9.84 Å². The fourth-order valence-corrected chi connectivity index (χ4v) is 3.34. The molecule has 1 aromatic carbocycles. The van der Waals surface area contributed by atoms with Crippen molar-refractivity contribution in [3.05, 3.63) is 42.1 Å². The molecule has 2 aromatic rings. The van der Waals surface area contributed by atoms with Crippen molar-refractivity contribution >= 4 is 15.7 Å². The molecule has 1 aliphatic rings. The molecule has 0 aliphatic carbocycles. The maximum absolute atomic E-state index is 12.6. The number of hydrogen-bond donors (Lipinski definition) is 0. The van der Waals surface area contributed by atoms with Crippen LogP contribution in [0.2, 0.25) is 0 Å². The van der Waals surface area contributed by atoms with E-state index in [2.05, 4.69) is 10.1 Å². The molecule has 2 heterocycles. The maximum atomic E-state index is 12.6. The third-order valence-electron chi connectivity index (χ3n) is 4.23. The molecular weight excluding hydrogens is 342 g/mol. The largest absolute Gasteiger partial charge is 0.355 e. The van der Waals surface area contributed by atoms with Gasteiger partial charge >= 0.3 is 0 Å². The Balaban J connectivity index is 1.57. The second kappa shape index (κ2) is 7.37. The number of carbonyl (C=O) groups is 1. The number of amides is 1. The van der Waals surface area contributed by atoms with E-state index in [-0.39, 0.29) is 11.7 Å². The highest BCUT2D eigenvalue weighted by molar-refractivity contribution is 7.90. The average molecular weight is 363 g/mol. The zero-order chi connectivity index (χ0) is 17.9. The summed E-state index contributed by atoms with van der Waals surface area (Å²) in [7, 11) is -2.96. The minimum absolute atomic E-state index is 0.144. The van der Waals surface area contributed by atoms with Gasteiger partial charge in [-0.25, -0.2) is 8.42 Å². The predicted molar refractivity (Wildman–Crippen MR) is 94.0 cm³/mol. The van der Waals surface area contributed by atoms with Crippen LogP contribution in [-0.2, 0) is 9.84 Å². The summed E-state index contributed by atoms with van der Waals surface area (Å²) in [6.07, 6.45) is 1.24. The molecule has 0 radical (unpaired) electrons. The molecule has 8 heteroatoms. The van der Waals surface area contributed by atoms with E-state index >= 15 is 0 Å². The van der Waals surface area contributed by atoms with Crippen LogP contribution >= 0.6 is 0 Å². The number of rotatable bonds is 5. The van der Waals surface area contributed by atoms with Gasteiger partial charge in [-0.05, 0) is 0 Å². The van der Waals surface area contributed by atoms with Gasteiger partial charge < -0.3 is 9.42 Å². The Kier molecular flexibility index (Phi) is 5.19. The Hall–Kier alpha value is -2.19. The smallest absolute Gasteiger partial charge is 0.276 e. The van der Waals surface area contributed by atoms with E-state index in [1.165, 1.54) is 6.26 Å². The highest BCUT2D eigenvalue weighted by atomic mass is 32.2. The van der Waals surface area contributed by atoms with Crippen molar-refractivity contribution in [3.8, 4) is 11.3 Å². The number of aromatic nitrogens is 1. The van der Waals surface area contributed by atoms with Crippen molar-refractivity contribution in [2.24, 2.45) is 0 Å². The molecular formula is C17H21N3O4S. The minimum atomic E-state index is -2.96. The molecule has 0 atom stereocenters. The highest BCUT2D eigenvalue weighted by Crippen LogP contribution is 2.20. The average Bonchev–Trinajstić information content (AvgIpc) is 3.10. The molecule has 0 saturated carbocycles. The van der Waals surface area contributed by atoms with Crippen LogP contribution in [-0.4, -0.2) is 74.0 Å². The Labute approximate surface area is 147 Å². The summed E-state index contributed by atoms with van der Waals surface area (Å²) in [6.45, 7) is 2.92. The Morgan fingerprint density at radius 2 is 1.84 bits per heavy atom. The molecule has 3 rings (SSSR count). The summed E-state index contributed by atoms with van der Waals surface area (Å²) in [5.74, 6) is 0.550. The topological polar surface area (TPSA) is 83.7 Å². The lowest BCUT2D eigenvalue weighted by Crippen LogP contribution is -2.49. The first kappa shape index (κ1) is 17.6. The predicted octanol–water partition coefficient (Wildman–Crippen LogP) is 1.14. The van der Waals surface area contributed by atoms with Crippen LogP contribution in [0.4, 0.5) is 0 Å². The number of benzene rings is 1. The number of carbonyl (C=O) groups excluding carboxylic acids is 1. The number of sulfone groups is 1. The van der Waals surface area contributed by atoms with Crippen molar-refractivity contribution in [1.82, 2.24) is 15.0 Å². The molecule has 0 spiro atoms. The van der Waals surface area contributed by atoms with Crippen molar-refractivity contribution in [2.45, 2.75) is 0 Å². The third kappa shape index (κ3) is 4.67. The standard InChI is InChI=1S/C17H21N3O4S/c1-25(22,23)12-11-19-7-9-20(10-8-19)17(21)15-13-16(24-18-15)14-5-3-2-4-6-14/h2-6,13H,7-12H2,1H3. The lowest BCUT2D eigenvalue weighted by atomic mass is 10.1. The summed E-state index contributed by atoms with van der Waals surface area (Å²) < 4.78 is 27.8. The number of hydrogen-bond acceptors (Lipinski definition) is 6. The molecule has 0 bridgehead atoms. The molecule has 0 N–H and O–H groups in total. The van der Waals surface area contributed by atoms with Crippen LogP contribution in [0.15, 0.2) is 40.9 Å². The van der Waals surface area contributed by atoms with Crippen LogP contribution in [0.1, 0.15) is 10.5 Å². The summed E-state index contributed by atoms with van der Waals surface area (Å²) in [5.41, 5.74) is 1.17. The van der Waals surface area contributed by atoms with Crippen molar-refractivity contribution < 1.29 is 17.7 Å². The summed E-state index contributed by atoms with van der Waals surface area (Å²) >= 11 is 0. The Bertz CT molecular complexity index is 825. The van der Waals surface area contributed by atoms with Gasteiger partial charge in [-0.2, -0.15) is 0 Å². The molecule has 25 heavy (non-hydrogen) atoms. The first-order valence-electron chi connectivity index (χ1n) is 8.14. The molecule has 7 nitrogen and oxygen atoms in total. The minimum Gasteiger partial charge on any atom is -0.355 e. The van der Waals surface area contributed by atoms with E-state index in [0.717, 1.165) is 5.56 Å². The normalized spacial score (nSPS) is 16.1. The van der Waals surface area contributed by atoms with E-state index in [9.17, 15) is 13.2 Å². The van der Waals surface area contributed by atoms with E-state index in [4.69, 9.17) is 4.52 Å². The van der Waals surface area contributed by atoms with E-state index in [1.807, 2.05) is 30.3 Å². The lowest BCUT2D eigenvalue weighted by Gasteiger charge is -2.34. The van der Waals surface area contributed by atoms with Crippen molar-refractivity contribution in [1.29, 1.82) is 0 Å². The lowest BCUT2D eigenvalue weighted by molar-refractivity contribution is 0.0634.